The third-order valence-electron chi connectivity index (χ3n) is 23.1. The van der Waals surface area contributed by atoms with E-state index in [0.717, 1.165) is 102 Å². The van der Waals surface area contributed by atoms with Crippen LogP contribution in [0.2, 0.25) is 30.1 Å². The van der Waals surface area contributed by atoms with Crippen molar-refractivity contribution in [1.29, 1.82) is 0 Å². The van der Waals surface area contributed by atoms with Gasteiger partial charge < -0.3 is 20.4 Å². The van der Waals surface area contributed by atoms with E-state index >= 15 is 0 Å². The lowest BCUT2D eigenvalue weighted by Crippen LogP contribution is -2.48. The lowest BCUT2D eigenvalue weighted by atomic mass is 9.71. The van der Waals surface area contributed by atoms with Crippen LogP contribution < -0.4 is 37.1 Å². The number of piperidine rings is 3. The Labute approximate surface area is 592 Å². The fourth-order valence-electron chi connectivity index (χ4n) is 17.1. The van der Waals surface area contributed by atoms with Crippen LogP contribution in [0.1, 0.15) is 116 Å². The van der Waals surface area contributed by atoms with Crippen LogP contribution in [-0.4, -0.2) is 104 Å². The molecule has 0 radical (unpaired) electrons. The number of nitrogens with two attached hydrogens (primary N) is 1. The summed E-state index contributed by atoms with van der Waals surface area (Å²) in [5.74, 6) is 3.57. The Hall–Kier alpha value is -6.97. The summed E-state index contributed by atoms with van der Waals surface area (Å²) in [5, 5.41) is 23.2. The molecule has 10 aromatic rings. The third kappa shape index (κ3) is 12.1. The number of rotatable bonds is 8. The molecule has 3 aliphatic carbocycles. The average molecular weight is 1430 g/mol. The molecule has 25 heteroatoms. The first-order valence-electron chi connectivity index (χ1n) is 34.0. The Bertz CT molecular complexity index is 4640. The highest BCUT2D eigenvalue weighted by atomic mass is 35.5. The molecule has 0 bridgehead atoms. The molecule has 19 nitrogen and oxygen atoms in total. The lowest BCUT2D eigenvalue weighted by molar-refractivity contribution is 0.161. The molecule has 4 N–H and O–H groups in total. The molecule has 3 aliphatic heterocycles. The summed E-state index contributed by atoms with van der Waals surface area (Å²) in [4.78, 5) is 61.7. The summed E-state index contributed by atoms with van der Waals surface area (Å²) < 4.78 is 6.75. The number of aromatic amines is 2. The van der Waals surface area contributed by atoms with Crippen LogP contribution in [0.5, 0.6) is 0 Å². The molecule has 3 spiro atoms. The van der Waals surface area contributed by atoms with Gasteiger partial charge >= 0.3 is 0 Å². The minimum atomic E-state index is -0.160. The van der Waals surface area contributed by atoms with Crippen molar-refractivity contribution < 1.29 is 0 Å². The zero-order chi connectivity index (χ0) is 67.8. The van der Waals surface area contributed by atoms with Crippen molar-refractivity contribution >= 4 is 121 Å². The van der Waals surface area contributed by atoms with Crippen molar-refractivity contribution in [2.45, 2.75) is 123 Å². The summed E-state index contributed by atoms with van der Waals surface area (Å²) in [6, 6.07) is 26.5. The van der Waals surface area contributed by atoms with Crippen LogP contribution in [-0.2, 0) is 27.7 Å². The summed E-state index contributed by atoms with van der Waals surface area (Å²) in [5.41, 5.74) is 13.2. The van der Waals surface area contributed by atoms with Gasteiger partial charge in [-0.1, -0.05) is 182 Å². The molecular formula is C72H80Cl6N16O3. The second-order valence-corrected chi connectivity index (χ2v) is 30.4. The summed E-state index contributed by atoms with van der Waals surface area (Å²) in [6.07, 6.45) is 18.2. The third-order valence-corrected chi connectivity index (χ3v) is 25.6. The summed E-state index contributed by atoms with van der Waals surface area (Å²) >= 11 is 38.1. The number of nitrogens with zero attached hydrogens (tertiary/aromatic N) is 13. The number of nitrogens with one attached hydrogen (secondary N) is 2. The van der Waals surface area contributed by atoms with Gasteiger partial charge in [-0.05, 0) is 116 Å². The van der Waals surface area contributed by atoms with Gasteiger partial charge in [0.15, 0.2) is 16.9 Å². The first-order valence-corrected chi connectivity index (χ1v) is 36.2. The number of benzene rings is 4. The Morgan fingerprint density at radius 2 is 0.845 bits per heavy atom. The maximum absolute atomic E-state index is 13.9. The van der Waals surface area contributed by atoms with Crippen LogP contribution >= 0.6 is 69.6 Å². The topological polar surface area (TPSA) is 216 Å². The van der Waals surface area contributed by atoms with E-state index in [9.17, 15) is 14.4 Å². The van der Waals surface area contributed by atoms with Crippen molar-refractivity contribution in [3.8, 4) is 33.8 Å². The number of halogens is 6. The normalized spacial score (nSPS) is 20.4. The molecule has 9 heterocycles. The van der Waals surface area contributed by atoms with Gasteiger partial charge in [0.05, 0.1) is 53.8 Å². The van der Waals surface area contributed by atoms with Crippen LogP contribution in [0.3, 0.4) is 0 Å². The predicted molar refractivity (Wildman–Crippen MR) is 392 cm³/mol. The Morgan fingerprint density at radius 1 is 0.464 bits per heavy atom. The van der Waals surface area contributed by atoms with E-state index in [0.29, 0.717) is 132 Å². The molecule has 6 fully saturated rings. The van der Waals surface area contributed by atoms with Gasteiger partial charge in [0.1, 0.15) is 16.2 Å². The highest BCUT2D eigenvalue weighted by Crippen LogP contribution is 2.53. The first kappa shape index (κ1) is 67.2. The number of anilines is 3. The minimum absolute atomic E-state index is 0.125. The van der Waals surface area contributed by atoms with Crippen molar-refractivity contribution in [1.82, 2.24) is 58.8 Å². The molecule has 0 amide bonds. The molecule has 508 valence electrons. The van der Waals surface area contributed by atoms with Crippen LogP contribution in [0.15, 0.2) is 99.3 Å². The smallest absolute Gasteiger partial charge is 0.266 e. The predicted octanol–water partition coefficient (Wildman–Crippen LogP) is 15.3. The van der Waals surface area contributed by atoms with Gasteiger partial charge in [-0.2, -0.15) is 30.2 Å². The molecule has 6 aliphatic rings. The molecular weight excluding hydrogens is 1350 g/mol. The van der Waals surface area contributed by atoms with E-state index in [1.165, 1.54) is 51.4 Å². The SMILES string of the molecule is C[C@@H]1CCCC12CCN(c1nc3n[nH]c(-c4cccc(Cl)c4Cl)c3c(=O)n1C)CC2.C[C@@H]1CCCC12CCN(c1nc3nn(Cc4ccccc4)c(-c4cccc(Cl)c4Cl)c3c(=O)n1C)CC2.Cn1c(N2CCC3(CCC[C@H]3N)CC2)nc2n[nH]c(-c3cccc(Cl)c3Cl)c2c1=O. The Kier molecular flexibility index (Phi) is 18.7. The molecule has 97 heavy (non-hydrogen) atoms. The van der Waals surface area contributed by atoms with Crippen LogP contribution in [0, 0.1) is 28.1 Å². The standard InChI is InChI=1S/C29H31Cl2N5O.C22H25Cl2N5O.C21H24Cl2N6O/c1-19-8-7-13-29(19)14-16-35(17-15-29)28-32-26-23(27(37)34(28)2)25(21-11-6-12-22(30)24(21)31)36(33-26)18-20-9-4-3-5-10-20;1-13-5-4-8-22(13)9-11-29(12-10-22)21-25-19-16(20(30)28(21)2)18(26-27-19)14-6-3-7-15(23)17(14)24;1-28-19(30)15-17(12-4-2-5-13(22)16(12)23)26-27-18(15)25-20(28)29-10-8-21(9-11-29)7-3-6-14(21)24/h3-6,9-12,19H,7-8,13-18H2,1-2H3;3,6-7,13H,4-5,8-12H2,1-2H3,(H,26,27);2,4-5,14H,3,6-11,24H2,1H3,(H,26,27)/t19-;13-;14-/m111/s1. The number of hydrogen-bond donors (Lipinski definition) is 3. The fourth-order valence-corrected chi connectivity index (χ4v) is 18.2. The number of H-pyrrole nitrogens is 2. The fraction of sp³-hybridized carbons (Fsp3) is 0.458. The highest BCUT2D eigenvalue weighted by Gasteiger charge is 2.46. The molecule has 6 aromatic heterocycles. The molecule has 3 atom stereocenters. The number of hydrogen-bond acceptors (Lipinski definition) is 13. The largest absolute Gasteiger partial charge is 0.342 e. The Balaban J connectivity index is 0.000000126. The quantitative estimate of drug-likeness (QED) is 0.129. The molecule has 3 saturated heterocycles. The summed E-state index contributed by atoms with van der Waals surface area (Å²) in [6.45, 7) is 10.6. The van der Waals surface area contributed by atoms with Crippen LogP contribution in [0.4, 0.5) is 17.8 Å². The van der Waals surface area contributed by atoms with Crippen molar-refractivity contribution in [3.63, 3.8) is 0 Å². The van der Waals surface area contributed by atoms with Crippen molar-refractivity contribution in [2.24, 2.45) is 55.0 Å². The zero-order valence-electron chi connectivity index (χ0n) is 55.3. The van der Waals surface area contributed by atoms with Crippen LogP contribution in [0.25, 0.3) is 66.9 Å². The highest BCUT2D eigenvalue weighted by molar-refractivity contribution is 6.45. The average Bonchev–Trinajstić information content (AvgIpc) is 1.67. The molecule has 16 rings (SSSR count). The van der Waals surface area contributed by atoms with Crippen molar-refractivity contribution in [3.05, 3.63) is 152 Å². The lowest BCUT2D eigenvalue weighted by Gasteiger charge is -2.42. The molecule has 3 saturated carbocycles. The first-order chi connectivity index (χ1) is 46.7. The summed E-state index contributed by atoms with van der Waals surface area (Å²) in [7, 11) is 5.35. The van der Waals surface area contributed by atoms with E-state index in [1.54, 1.807) is 58.1 Å². The van der Waals surface area contributed by atoms with E-state index < -0.39 is 0 Å². The van der Waals surface area contributed by atoms with Gasteiger partial charge in [0, 0.05) is 83.1 Å². The Morgan fingerprint density at radius 3 is 1.26 bits per heavy atom. The number of aromatic nitrogens is 12. The van der Waals surface area contributed by atoms with E-state index in [4.69, 9.17) is 95.4 Å². The van der Waals surface area contributed by atoms with Crippen molar-refractivity contribution in [2.75, 3.05) is 54.0 Å². The maximum Gasteiger partial charge on any atom is 0.266 e. The molecule has 0 unspecified atom stereocenters. The molecule has 4 aromatic carbocycles. The van der Waals surface area contributed by atoms with E-state index in [-0.39, 0.29) is 28.1 Å². The zero-order valence-corrected chi connectivity index (χ0v) is 59.8. The van der Waals surface area contributed by atoms with Gasteiger partial charge in [-0.25, -0.2) is 0 Å². The second-order valence-electron chi connectivity index (χ2n) is 28.1. The monoisotopic (exact) mass is 1430 g/mol. The maximum atomic E-state index is 13.9. The van der Waals surface area contributed by atoms with Gasteiger partial charge in [-0.15, -0.1) is 0 Å². The second kappa shape index (κ2) is 26.9. The van der Waals surface area contributed by atoms with E-state index in [1.807, 2.05) is 66.3 Å². The van der Waals surface area contributed by atoms with Gasteiger partial charge in [-0.3, -0.25) is 43.0 Å². The number of fused-ring (bicyclic) bond motifs is 3. The van der Waals surface area contributed by atoms with E-state index in [2.05, 4.69) is 48.9 Å². The van der Waals surface area contributed by atoms with Gasteiger partial charge in [0.2, 0.25) is 17.8 Å². The van der Waals surface area contributed by atoms with Gasteiger partial charge in [0.25, 0.3) is 16.7 Å². The minimum Gasteiger partial charge on any atom is -0.342 e.